The minimum Gasteiger partial charge on any atom is -0.481 e. The Kier molecular flexibility index (Phi) is 18.4. The van der Waals surface area contributed by atoms with E-state index in [0.717, 1.165) is 12.8 Å². The highest BCUT2D eigenvalue weighted by atomic mass is 32.1. The highest BCUT2D eigenvalue weighted by Crippen LogP contribution is 2.22. The molecule has 0 spiro atoms. The summed E-state index contributed by atoms with van der Waals surface area (Å²) in [6.07, 6.45) is 21.6. The highest BCUT2D eigenvalue weighted by Gasteiger charge is 2.32. The standard InChI is InChI=1S/C24H44O4S/c1-3-4-5-6-7-8-9-10-11-12-13-14-15-16-17-18-19-20(2)21(23(25)26)22(29)24(27)28/h20-21H,3-19H2,1-2H3,(H,25,26)(H,27,28). The van der Waals surface area contributed by atoms with Crippen LogP contribution < -0.4 is 0 Å². The number of hydrogen-bond acceptors (Lipinski definition) is 3. The fourth-order valence-corrected chi connectivity index (χ4v) is 4.26. The van der Waals surface area contributed by atoms with Crippen LogP contribution >= 0.6 is 12.2 Å². The number of thiocarbonyl (C=S) groups is 1. The number of carbonyl (C=O) groups is 2. The fourth-order valence-electron chi connectivity index (χ4n) is 3.93. The maximum absolute atomic E-state index is 11.3. The first-order chi connectivity index (χ1) is 13.9. The molecule has 0 aliphatic rings. The van der Waals surface area contributed by atoms with E-state index in [1.54, 1.807) is 6.92 Å². The molecular formula is C24H44O4S. The van der Waals surface area contributed by atoms with Crippen LogP contribution in [0.3, 0.4) is 0 Å². The zero-order valence-electron chi connectivity index (χ0n) is 18.8. The van der Waals surface area contributed by atoms with Gasteiger partial charge in [-0.2, -0.15) is 0 Å². The molecule has 0 aromatic rings. The first-order valence-corrected chi connectivity index (χ1v) is 12.3. The summed E-state index contributed by atoms with van der Waals surface area (Å²) in [6.45, 7) is 4.05. The van der Waals surface area contributed by atoms with Crippen molar-refractivity contribution >= 4 is 29.0 Å². The average molecular weight is 429 g/mol. The Morgan fingerprint density at radius 2 is 1.03 bits per heavy atom. The average Bonchev–Trinajstić information content (AvgIpc) is 2.67. The van der Waals surface area contributed by atoms with Crippen LogP contribution in [0.25, 0.3) is 0 Å². The predicted molar refractivity (Wildman–Crippen MR) is 125 cm³/mol. The molecule has 0 aliphatic heterocycles. The van der Waals surface area contributed by atoms with Crippen molar-refractivity contribution in [3.05, 3.63) is 0 Å². The zero-order valence-corrected chi connectivity index (χ0v) is 19.6. The van der Waals surface area contributed by atoms with E-state index in [9.17, 15) is 14.7 Å². The number of hydrogen-bond donors (Lipinski definition) is 2. The van der Waals surface area contributed by atoms with Gasteiger partial charge in [-0.1, -0.05) is 129 Å². The lowest BCUT2D eigenvalue weighted by Gasteiger charge is -2.19. The monoisotopic (exact) mass is 428 g/mol. The molecule has 0 heterocycles. The third-order valence-electron chi connectivity index (χ3n) is 5.84. The first-order valence-electron chi connectivity index (χ1n) is 11.9. The van der Waals surface area contributed by atoms with Gasteiger partial charge < -0.3 is 10.2 Å². The van der Waals surface area contributed by atoms with Crippen molar-refractivity contribution in [1.82, 2.24) is 0 Å². The number of rotatable bonds is 21. The molecule has 0 aliphatic carbocycles. The van der Waals surface area contributed by atoms with Crippen molar-refractivity contribution in [2.24, 2.45) is 11.8 Å². The van der Waals surface area contributed by atoms with E-state index in [-0.39, 0.29) is 10.8 Å². The van der Waals surface area contributed by atoms with Crippen LogP contribution in [0.15, 0.2) is 0 Å². The Balaban J connectivity index is 3.51. The van der Waals surface area contributed by atoms with Crippen LogP contribution in [0.2, 0.25) is 0 Å². The largest absolute Gasteiger partial charge is 0.481 e. The molecule has 0 fully saturated rings. The molecule has 0 rings (SSSR count). The van der Waals surface area contributed by atoms with Crippen molar-refractivity contribution in [1.29, 1.82) is 0 Å². The maximum atomic E-state index is 11.3. The third-order valence-corrected chi connectivity index (χ3v) is 6.27. The van der Waals surface area contributed by atoms with E-state index in [1.165, 1.54) is 89.9 Å². The van der Waals surface area contributed by atoms with Gasteiger partial charge in [-0.25, -0.2) is 4.79 Å². The second-order valence-electron chi connectivity index (χ2n) is 8.55. The summed E-state index contributed by atoms with van der Waals surface area (Å²) in [5.74, 6) is -3.70. The summed E-state index contributed by atoms with van der Waals surface area (Å²) < 4.78 is 0. The quantitative estimate of drug-likeness (QED) is 0.147. The predicted octanol–water partition coefficient (Wildman–Crippen LogP) is 7.43. The molecule has 170 valence electrons. The minimum absolute atomic E-state index is 0.234. The SMILES string of the molecule is CCCCCCCCCCCCCCCCCCC(C)C(C(=O)O)C(=S)C(=O)O. The summed E-state index contributed by atoms with van der Waals surface area (Å²) >= 11 is 4.79. The summed E-state index contributed by atoms with van der Waals surface area (Å²) in [4.78, 5) is 21.9. The summed E-state index contributed by atoms with van der Waals surface area (Å²) in [7, 11) is 0. The van der Waals surface area contributed by atoms with Crippen molar-refractivity contribution in [2.45, 2.75) is 123 Å². The smallest absolute Gasteiger partial charge is 0.343 e. The molecule has 0 bridgehead atoms. The van der Waals surface area contributed by atoms with E-state index >= 15 is 0 Å². The van der Waals surface area contributed by atoms with Gasteiger partial charge in [0.15, 0.2) is 0 Å². The van der Waals surface area contributed by atoms with Gasteiger partial charge >= 0.3 is 11.9 Å². The molecule has 29 heavy (non-hydrogen) atoms. The van der Waals surface area contributed by atoms with Gasteiger partial charge in [0.05, 0.1) is 0 Å². The van der Waals surface area contributed by atoms with E-state index in [1.807, 2.05) is 0 Å². The summed E-state index contributed by atoms with van der Waals surface area (Å²) in [6, 6.07) is 0. The lowest BCUT2D eigenvalue weighted by Crippen LogP contribution is -2.33. The second kappa shape index (κ2) is 19.0. The van der Waals surface area contributed by atoms with Gasteiger partial charge in [0, 0.05) is 0 Å². The number of carboxylic acid groups (broad SMARTS) is 2. The van der Waals surface area contributed by atoms with E-state index < -0.39 is 17.9 Å². The van der Waals surface area contributed by atoms with Crippen LogP contribution in [-0.4, -0.2) is 27.0 Å². The first kappa shape index (κ1) is 28.0. The molecule has 2 N–H and O–H groups in total. The number of carboxylic acids is 2. The molecule has 0 radical (unpaired) electrons. The fraction of sp³-hybridized carbons (Fsp3) is 0.875. The number of aliphatic carboxylic acids is 2. The third kappa shape index (κ3) is 15.5. The van der Waals surface area contributed by atoms with Crippen molar-refractivity contribution in [3.63, 3.8) is 0 Å². The van der Waals surface area contributed by atoms with Crippen molar-refractivity contribution in [2.75, 3.05) is 0 Å². The van der Waals surface area contributed by atoms with Crippen molar-refractivity contribution < 1.29 is 19.8 Å². The Bertz CT molecular complexity index is 450. The highest BCUT2D eigenvalue weighted by molar-refractivity contribution is 7.82. The molecular weight excluding hydrogens is 384 g/mol. The minimum atomic E-state index is -1.29. The topological polar surface area (TPSA) is 74.6 Å². The molecule has 0 saturated heterocycles. The number of unbranched alkanes of at least 4 members (excludes halogenated alkanes) is 15. The van der Waals surface area contributed by atoms with Gasteiger partial charge in [0.2, 0.25) is 0 Å². The zero-order chi connectivity index (χ0) is 21.9. The molecule has 2 unspecified atom stereocenters. The Morgan fingerprint density at radius 3 is 1.34 bits per heavy atom. The van der Waals surface area contributed by atoms with E-state index in [2.05, 4.69) is 6.92 Å². The van der Waals surface area contributed by atoms with Gasteiger partial charge in [0.1, 0.15) is 10.8 Å². The lowest BCUT2D eigenvalue weighted by molar-refractivity contribution is -0.142. The Hall–Kier alpha value is -0.970. The Labute approximate surface area is 183 Å². The molecule has 0 amide bonds. The normalized spacial score (nSPS) is 13.2. The molecule has 4 nitrogen and oxygen atoms in total. The summed E-state index contributed by atoms with van der Waals surface area (Å²) in [5.41, 5.74) is 0. The lowest BCUT2D eigenvalue weighted by atomic mass is 9.86. The molecule has 0 aromatic heterocycles. The Morgan fingerprint density at radius 1 is 0.690 bits per heavy atom. The van der Waals surface area contributed by atoms with Gasteiger partial charge in [-0.05, 0) is 12.3 Å². The van der Waals surface area contributed by atoms with Gasteiger partial charge in [0.25, 0.3) is 0 Å². The van der Waals surface area contributed by atoms with Gasteiger partial charge in [-0.15, -0.1) is 0 Å². The van der Waals surface area contributed by atoms with Gasteiger partial charge in [-0.3, -0.25) is 4.79 Å². The maximum Gasteiger partial charge on any atom is 0.343 e. The summed E-state index contributed by atoms with van der Waals surface area (Å²) in [5, 5.41) is 18.2. The van der Waals surface area contributed by atoms with Crippen LogP contribution in [0.1, 0.15) is 123 Å². The molecule has 5 heteroatoms. The van der Waals surface area contributed by atoms with Crippen LogP contribution in [-0.2, 0) is 9.59 Å². The van der Waals surface area contributed by atoms with Crippen molar-refractivity contribution in [3.8, 4) is 0 Å². The van der Waals surface area contributed by atoms with E-state index in [4.69, 9.17) is 17.3 Å². The molecule has 2 atom stereocenters. The van der Waals surface area contributed by atoms with Crippen LogP contribution in [0, 0.1) is 11.8 Å². The molecule has 0 saturated carbocycles. The van der Waals surface area contributed by atoms with Crippen LogP contribution in [0.4, 0.5) is 0 Å². The second-order valence-corrected chi connectivity index (χ2v) is 8.99. The van der Waals surface area contributed by atoms with Crippen LogP contribution in [0.5, 0.6) is 0 Å². The molecule has 0 aromatic carbocycles. The van der Waals surface area contributed by atoms with E-state index in [0.29, 0.717) is 6.42 Å².